The Morgan fingerprint density at radius 3 is 2.52 bits per heavy atom. The lowest BCUT2D eigenvalue weighted by atomic mass is 10.0. The lowest BCUT2D eigenvalue weighted by Gasteiger charge is -2.23. The zero-order valence-electron chi connectivity index (χ0n) is 11.9. The van der Waals surface area contributed by atoms with Crippen molar-refractivity contribution in [3.63, 3.8) is 0 Å². The van der Waals surface area contributed by atoms with E-state index in [1.807, 2.05) is 0 Å². The van der Waals surface area contributed by atoms with E-state index in [0.29, 0.717) is 4.47 Å². The number of carbonyl (C=O) groups excluding carboxylic acids is 1. The SMILES string of the molecule is CC(C)(C)OC(=O)N[C@@H](CC(=O)O)c1ccc(Br)cc1F. The molecule has 1 amide bonds. The Balaban J connectivity index is 2.95. The number of carbonyl (C=O) groups is 2. The van der Waals surface area contributed by atoms with Crippen LogP contribution in [-0.2, 0) is 9.53 Å². The van der Waals surface area contributed by atoms with E-state index in [2.05, 4.69) is 21.2 Å². The number of alkyl carbamates (subject to hydrolysis) is 1. The Hall–Kier alpha value is -1.63. The molecule has 1 rings (SSSR count). The van der Waals surface area contributed by atoms with Crippen LogP contribution in [0.3, 0.4) is 0 Å². The van der Waals surface area contributed by atoms with E-state index in [1.54, 1.807) is 26.8 Å². The smallest absolute Gasteiger partial charge is 0.408 e. The van der Waals surface area contributed by atoms with Crippen LogP contribution >= 0.6 is 15.9 Å². The Labute approximate surface area is 130 Å². The maximum absolute atomic E-state index is 13.9. The van der Waals surface area contributed by atoms with E-state index < -0.39 is 35.9 Å². The summed E-state index contributed by atoms with van der Waals surface area (Å²) in [5, 5.41) is 11.3. The van der Waals surface area contributed by atoms with Gasteiger partial charge in [-0.25, -0.2) is 9.18 Å². The zero-order chi connectivity index (χ0) is 16.2. The van der Waals surface area contributed by atoms with E-state index in [4.69, 9.17) is 9.84 Å². The van der Waals surface area contributed by atoms with Gasteiger partial charge in [0.05, 0.1) is 12.5 Å². The van der Waals surface area contributed by atoms with Crippen molar-refractivity contribution in [2.75, 3.05) is 0 Å². The highest BCUT2D eigenvalue weighted by atomic mass is 79.9. The highest BCUT2D eigenvalue weighted by Crippen LogP contribution is 2.24. The van der Waals surface area contributed by atoms with Crippen LogP contribution in [0.2, 0.25) is 0 Å². The molecular formula is C14H17BrFNO4. The normalized spacial score (nSPS) is 12.6. The number of carboxylic acid groups (broad SMARTS) is 1. The second-order valence-electron chi connectivity index (χ2n) is 5.46. The maximum atomic E-state index is 13.9. The summed E-state index contributed by atoms with van der Waals surface area (Å²) in [5.74, 6) is -1.76. The standard InChI is InChI=1S/C14H17BrFNO4/c1-14(2,3)21-13(20)17-11(7-12(18)19)9-5-4-8(15)6-10(9)16/h4-6,11H,7H2,1-3H3,(H,17,20)(H,18,19)/t11-/m0/s1. The molecule has 0 aromatic heterocycles. The molecule has 5 nitrogen and oxygen atoms in total. The van der Waals surface area contributed by atoms with Crippen molar-refractivity contribution in [1.29, 1.82) is 0 Å². The van der Waals surface area contributed by atoms with Crippen LogP contribution < -0.4 is 5.32 Å². The predicted octanol–water partition coefficient (Wildman–Crippen LogP) is 3.63. The summed E-state index contributed by atoms with van der Waals surface area (Å²) < 4.78 is 19.5. The van der Waals surface area contributed by atoms with Gasteiger partial charge in [-0.2, -0.15) is 0 Å². The molecule has 0 saturated carbocycles. The molecule has 0 aliphatic heterocycles. The first-order chi connectivity index (χ1) is 9.58. The molecule has 116 valence electrons. The zero-order valence-corrected chi connectivity index (χ0v) is 13.5. The quantitative estimate of drug-likeness (QED) is 0.858. The third-order valence-electron chi connectivity index (χ3n) is 2.41. The molecular weight excluding hydrogens is 345 g/mol. The summed E-state index contributed by atoms with van der Waals surface area (Å²) in [6.45, 7) is 5.04. The minimum Gasteiger partial charge on any atom is -0.481 e. The Morgan fingerprint density at radius 1 is 1.43 bits per heavy atom. The molecule has 0 heterocycles. The van der Waals surface area contributed by atoms with Crippen molar-refractivity contribution in [1.82, 2.24) is 5.32 Å². The molecule has 0 aliphatic rings. The van der Waals surface area contributed by atoms with Crippen LogP contribution in [0.25, 0.3) is 0 Å². The summed E-state index contributed by atoms with van der Waals surface area (Å²) in [6.07, 6.45) is -1.24. The third kappa shape index (κ3) is 6.12. The van der Waals surface area contributed by atoms with Gasteiger partial charge < -0.3 is 15.2 Å². The minimum atomic E-state index is -1.15. The van der Waals surface area contributed by atoms with Gasteiger partial charge in [0.25, 0.3) is 0 Å². The number of ether oxygens (including phenoxy) is 1. The van der Waals surface area contributed by atoms with Crippen LogP contribution in [0.1, 0.15) is 38.8 Å². The van der Waals surface area contributed by atoms with Crippen molar-refractivity contribution in [3.8, 4) is 0 Å². The Bertz CT molecular complexity index is 542. The van der Waals surface area contributed by atoms with Gasteiger partial charge >= 0.3 is 12.1 Å². The van der Waals surface area contributed by atoms with E-state index in [0.717, 1.165) is 0 Å². The number of hydrogen-bond donors (Lipinski definition) is 2. The van der Waals surface area contributed by atoms with Gasteiger partial charge in [0, 0.05) is 10.0 Å². The first kappa shape index (κ1) is 17.4. The predicted molar refractivity (Wildman–Crippen MR) is 78.5 cm³/mol. The van der Waals surface area contributed by atoms with Crippen molar-refractivity contribution in [2.45, 2.75) is 38.8 Å². The molecule has 1 aromatic rings. The monoisotopic (exact) mass is 361 g/mol. The summed E-state index contributed by atoms with van der Waals surface area (Å²) >= 11 is 3.12. The molecule has 7 heteroatoms. The summed E-state index contributed by atoms with van der Waals surface area (Å²) in [5.41, 5.74) is -0.637. The van der Waals surface area contributed by atoms with Crippen molar-refractivity contribution in [3.05, 3.63) is 34.1 Å². The molecule has 0 spiro atoms. The molecule has 0 bridgehead atoms. The van der Waals surface area contributed by atoms with Gasteiger partial charge in [0.15, 0.2) is 0 Å². The van der Waals surface area contributed by atoms with Gasteiger partial charge in [-0.15, -0.1) is 0 Å². The van der Waals surface area contributed by atoms with Crippen LogP contribution in [0, 0.1) is 5.82 Å². The molecule has 0 fully saturated rings. The van der Waals surface area contributed by atoms with E-state index in [-0.39, 0.29) is 5.56 Å². The Kier molecular flexibility index (Phi) is 5.71. The Morgan fingerprint density at radius 2 is 2.05 bits per heavy atom. The van der Waals surface area contributed by atoms with Gasteiger partial charge in [0.2, 0.25) is 0 Å². The number of nitrogens with one attached hydrogen (secondary N) is 1. The van der Waals surface area contributed by atoms with E-state index >= 15 is 0 Å². The number of halogens is 2. The summed E-state index contributed by atoms with van der Waals surface area (Å²) in [7, 11) is 0. The van der Waals surface area contributed by atoms with E-state index in [1.165, 1.54) is 12.1 Å². The van der Waals surface area contributed by atoms with Crippen LogP contribution in [0.5, 0.6) is 0 Å². The van der Waals surface area contributed by atoms with E-state index in [9.17, 15) is 14.0 Å². The topological polar surface area (TPSA) is 75.6 Å². The van der Waals surface area contributed by atoms with Gasteiger partial charge in [0.1, 0.15) is 11.4 Å². The molecule has 0 radical (unpaired) electrons. The molecule has 1 aromatic carbocycles. The van der Waals surface area contributed by atoms with Crippen molar-refractivity contribution < 1.29 is 23.8 Å². The van der Waals surface area contributed by atoms with Gasteiger partial charge in [-0.05, 0) is 32.9 Å². The fourth-order valence-corrected chi connectivity index (χ4v) is 1.98. The van der Waals surface area contributed by atoms with Crippen molar-refractivity contribution in [2.24, 2.45) is 0 Å². The molecule has 0 aliphatic carbocycles. The van der Waals surface area contributed by atoms with Crippen molar-refractivity contribution >= 4 is 28.0 Å². The van der Waals surface area contributed by atoms with Crippen LogP contribution in [0.4, 0.5) is 9.18 Å². The van der Waals surface area contributed by atoms with Crippen LogP contribution in [-0.4, -0.2) is 22.8 Å². The molecule has 1 atom stereocenters. The third-order valence-corrected chi connectivity index (χ3v) is 2.90. The lowest BCUT2D eigenvalue weighted by Crippen LogP contribution is -2.36. The molecule has 0 saturated heterocycles. The highest BCUT2D eigenvalue weighted by Gasteiger charge is 2.24. The number of hydrogen-bond acceptors (Lipinski definition) is 3. The minimum absolute atomic E-state index is 0.0893. The fraction of sp³-hybridized carbons (Fsp3) is 0.429. The fourth-order valence-electron chi connectivity index (χ4n) is 1.65. The number of rotatable bonds is 4. The summed E-state index contributed by atoms with van der Waals surface area (Å²) in [4.78, 5) is 22.6. The van der Waals surface area contributed by atoms with Crippen LogP contribution in [0.15, 0.2) is 22.7 Å². The second-order valence-corrected chi connectivity index (χ2v) is 6.38. The van der Waals surface area contributed by atoms with Gasteiger partial charge in [-0.1, -0.05) is 22.0 Å². The number of aliphatic carboxylic acids is 1. The number of carboxylic acids is 1. The average molecular weight is 362 g/mol. The second kappa shape index (κ2) is 6.89. The van der Waals surface area contributed by atoms with Gasteiger partial charge in [-0.3, -0.25) is 4.79 Å². The number of amides is 1. The molecule has 21 heavy (non-hydrogen) atoms. The first-order valence-electron chi connectivity index (χ1n) is 6.25. The highest BCUT2D eigenvalue weighted by molar-refractivity contribution is 9.10. The summed E-state index contributed by atoms with van der Waals surface area (Å²) in [6, 6.07) is 3.19. The largest absolute Gasteiger partial charge is 0.481 e. The molecule has 0 unspecified atom stereocenters. The first-order valence-corrected chi connectivity index (χ1v) is 7.04. The molecule has 2 N–H and O–H groups in total. The maximum Gasteiger partial charge on any atom is 0.408 e. The lowest BCUT2D eigenvalue weighted by molar-refractivity contribution is -0.137. The average Bonchev–Trinajstić information content (AvgIpc) is 2.24. The number of benzene rings is 1.